The molecule has 0 aliphatic heterocycles. The van der Waals surface area contributed by atoms with Gasteiger partial charge in [-0.15, -0.1) is 0 Å². The van der Waals surface area contributed by atoms with Gasteiger partial charge < -0.3 is 14.2 Å². The molecule has 0 aromatic rings. The normalized spacial score (nSPS) is 12.0. The van der Waals surface area contributed by atoms with Gasteiger partial charge in [0.15, 0.2) is 6.10 Å². The highest BCUT2D eigenvalue weighted by Crippen LogP contribution is 2.16. The summed E-state index contributed by atoms with van der Waals surface area (Å²) in [5.74, 6) is -0.876. The summed E-state index contributed by atoms with van der Waals surface area (Å²) in [6, 6.07) is 0. The lowest BCUT2D eigenvalue weighted by Gasteiger charge is -2.18. The van der Waals surface area contributed by atoms with E-state index >= 15 is 0 Å². The molecule has 0 aromatic carbocycles. The highest BCUT2D eigenvalue weighted by Gasteiger charge is 2.19. The fourth-order valence-electron chi connectivity index (χ4n) is 7.08. The van der Waals surface area contributed by atoms with E-state index in [1.165, 1.54) is 161 Å². The smallest absolute Gasteiger partial charge is 0.306 e. The van der Waals surface area contributed by atoms with Gasteiger partial charge in [-0.25, -0.2) is 0 Å². The maximum Gasteiger partial charge on any atom is 0.306 e. The number of hydrogen-bond donors (Lipinski definition) is 0. The summed E-state index contributed by atoms with van der Waals surface area (Å²) in [6.07, 6.45) is 47.9. The van der Waals surface area contributed by atoms with Crippen molar-refractivity contribution >= 4 is 17.9 Å². The SMILES string of the molecule is CCCCCCC/C=C\CCCCCCCC(=O)OC(COC(=O)CCCCCCCC)COC(=O)CCCCCCCCCCCCCCCCCCC. The molecular weight excluding hydrogens is 685 g/mol. The number of ether oxygens (including phenoxy) is 3. The monoisotopic (exact) mass is 777 g/mol. The van der Waals surface area contributed by atoms with Crippen LogP contribution in [0.2, 0.25) is 0 Å². The topological polar surface area (TPSA) is 78.9 Å². The van der Waals surface area contributed by atoms with Crippen molar-refractivity contribution in [3.8, 4) is 0 Å². The minimum atomic E-state index is -0.765. The van der Waals surface area contributed by atoms with Crippen molar-refractivity contribution < 1.29 is 28.6 Å². The minimum Gasteiger partial charge on any atom is -0.462 e. The second-order valence-corrected chi connectivity index (χ2v) is 16.4. The molecule has 55 heavy (non-hydrogen) atoms. The summed E-state index contributed by atoms with van der Waals surface area (Å²) in [4.78, 5) is 37.6. The number of rotatable bonds is 44. The Kier molecular flexibility index (Phi) is 43.4. The van der Waals surface area contributed by atoms with Crippen molar-refractivity contribution in [3.63, 3.8) is 0 Å². The third-order valence-electron chi connectivity index (χ3n) is 10.8. The van der Waals surface area contributed by atoms with Crippen LogP contribution in [0.15, 0.2) is 12.2 Å². The molecule has 0 amide bonds. The van der Waals surface area contributed by atoms with Gasteiger partial charge in [0.1, 0.15) is 13.2 Å². The first kappa shape index (κ1) is 53.1. The number of hydrogen-bond acceptors (Lipinski definition) is 6. The first-order chi connectivity index (χ1) is 27.0. The number of carbonyl (C=O) groups is 3. The average molecular weight is 777 g/mol. The van der Waals surface area contributed by atoms with Crippen molar-refractivity contribution in [2.75, 3.05) is 13.2 Å². The molecule has 0 radical (unpaired) electrons. The molecule has 0 aliphatic carbocycles. The Bertz CT molecular complexity index is 854. The van der Waals surface area contributed by atoms with E-state index in [4.69, 9.17) is 14.2 Å². The molecule has 0 bridgehead atoms. The Balaban J connectivity index is 4.20. The second kappa shape index (κ2) is 44.9. The number of allylic oxidation sites excluding steroid dienone is 2. The van der Waals surface area contributed by atoms with E-state index in [2.05, 4.69) is 32.9 Å². The fourth-order valence-corrected chi connectivity index (χ4v) is 7.08. The van der Waals surface area contributed by atoms with Crippen LogP contribution >= 0.6 is 0 Å². The number of carbonyl (C=O) groups excluding carboxylic acids is 3. The zero-order valence-electron chi connectivity index (χ0n) is 37.0. The summed E-state index contributed by atoms with van der Waals surface area (Å²) in [6.45, 7) is 6.59. The quantitative estimate of drug-likeness (QED) is 0.0265. The van der Waals surface area contributed by atoms with Gasteiger partial charge in [-0.05, 0) is 44.9 Å². The van der Waals surface area contributed by atoms with Gasteiger partial charge in [-0.2, -0.15) is 0 Å². The van der Waals surface area contributed by atoms with Crippen LogP contribution in [0, 0.1) is 0 Å². The minimum absolute atomic E-state index is 0.0694. The maximum atomic E-state index is 12.7. The van der Waals surface area contributed by atoms with E-state index in [-0.39, 0.29) is 31.1 Å². The van der Waals surface area contributed by atoms with E-state index in [0.29, 0.717) is 19.3 Å². The Labute approximate surface area is 341 Å². The third kappa shape index (κ3) is 43.1. The van der Waals surface area contributed by atoms with Crippen LogP contribution in [0.4, 0.5) is 0 Å². The fraction of sp³-hybridized carbons (Fsp3) is 0.898. The van der Waals surface area contributed by atoms with Gasteiger partial charge in [0.05, 0.1) is 0 Å². The van der Waals surface area contributed by atoms with Crippen LogP contribution in [0.5, 0.6) is 0 Å². The standard InChI is InChI=1S/C49H92O6/c1-4-7-10-13-16-18-20-22-24-25-26-28-29-31-33-36-39-42-48(51)54-45-46(44-53-47(50)41-38-35-15-12-9-6-3)55-49(52)43-40-37-34-32-30-27-23-21-19-17-14-11-8-5-2/h21,23,46H,4-20,22,24-45H2,1-3H3/b23-21-. The Hall–Kier alpha value is -1.85. The van der Waals surface area contributed by atoms with Gasteiger partial charge >= 0.3 is 17.9 Å². The van der Waals surface area contributed by atoms with Gasteiger partial charge in [-0.1, -0.05) is 213 Å². The van der Waals surface area contributed by atoms with Gasteiger partial charge in [0.25, 0.3) is 0 Å². The summed E-state index contributed by atoms with van der Waals surface area (Å²) in [5, 5.41) is 0. The van der Waals surface area contributed by atoms with Crippen molar-refractivity contribution in [1.29, 1.82) is 0 Å². The first-order valence-corrected chi connectivity index (χ1v) is 24.2. The molecule has 0 saturated carbocycles. The average Bonchev–Trinajstić information content (AvgIpc) is 3.18. The van der Waals surface area contributed by atoms with Crippen LogP contribution in [0.25, 0.3) is 0 Å². The molecular formula is C49H92O6. The molecule has 6 nitrogen and oxygen atoms in total. The highest BCUT2D eigenvalue weighted by molar-refractivity contribution is 5.71. The molecule has 1 atom stereocenters. The molecule has 0 fully saturated rings. The van der Waals surface area contributed by atoms with Crippen LogP contribution in [-0.4, -0.2) is 37.2 Å². The number of esters is 3. The first-order valence-electron chi connectivity index (χ1n) is 24.2. The van der Waals surface area contributed by atoms with Crippen molar-refractivity contribution in [2.24, 2.45) is 0 Å². The van der Waals surface area contributed by atoms with Gasteiger partial charge in [0.2, 0.25) is 0 Å². The van der Waals surface area contributed by atoms with Crippen LogP contribution in [0.1, 0.15) is 265 Å². The predicted octanol–water partition coefficient (Wildman–Crippen LogP) is 15.4. The second-order valence-electron chi connectivity index (χ2n) is 16.4. The molecule has 0 spiro atoms. The highest BCUT2D eigenvalue weighted by atomic mass is 16.6. The van der Waals surface area contributed by atoms with Crippen molar-refractivity contribution in [3.05, 3.63) is 12.2 Å². The third-order valence-corrected chi connectivity index (χ3v) is 10.8. The molecule has 0 saturated heterocycles. The summed E-state index contributed by atoms with van der Waals surface area (Å²) in [5.41, 5.74) is 0. The van der Waals surface area contributed by atoms with E-state index < -0.39 is 6.10 Å². The summed E-state index contributed by atoms with van der Waals surface area (Å²) >= 11 is 0. The molecule has 0 aliphatic rings. The number of unbranched alkanes of at least 4 members (excludes halogenated alkanes) is 31. The molecule has 0 aromatic heterocycles. The lowest BCUT2D eigenvalue weighted by Crippen LogP contribution is -2.30. The van der Waals surface area contributed by atoms with E-state index in [9.17, 15) is 14.4 Å². The van der Waals surface area contributed by atoms with Crippen LogP contribution in [-0.2, 0) is 28.6 Å². The molecule has 0 heterocycles. The molecule has 0 N–H and O–H groups in total. The Morgan fingerprint density at radius 1 is 0.345 bits per heavy atom. The van der Waals surface area contributed by atoms with Crippen LogP contribution in [0.3, 0.4) is 0 Å². The zero-order valence-corrected chi connectivity index (χ0v) is 37.0. The molecule has 324 valence electrons. The van der Waals surface area contributed by atoms with E-state index in [1.54, 1.807) is 0 Å². The Morgan fingerprint density at radius 3 is 0.909 bits per heavy atom. The summed E-state index contributed by atoms with van der Waals surface area (Å²) < 4.78 is 16.7. The predicted molar refractivity (Wildman–Crippen MR) is 233 cm³/mol. The van der Waals surface area contributed by atoms with E-state index in [0.717, 1.165) is 64.2 Å². The summed E-state index contributed by atoms with van der Waals surface area (Å²) in [7, 11) is 0. The molecule has 6 heteroatoms. The van der Waals surface area contributed by atoms with Crippen LogP contribution < -0.4 is 0 Å². The maximum absolute atomic E-state index is 12.7. The Morgan fingerprint density at radius 2 is 0.600 bits per heavy atom. The van der Waals surface area contributed by atoms with Gasteiger partial charge in [0, 0.05) is 19.3 Å². The van der Waals surface area contributed by atoms with E-state index in [1.807, 2.05) is 0 Å². The molecule has 1 unspecified atom stereocenters. The van der Waals surface area contributed by atoms with Gasteiger partial charge in [-0.3, -0.25) is 14.4 Å². The molecule has 0 rings (SSSR count). The lowest BCUT2D eigenvalue weighted by molar-refractivity contribution is -0.167. The largest absolute Gasteiger partial charge is 0.462 e. The zero-order chi connectivity index (χ0) is 40.1. The lowest BCUT2D eigenvalue weighted by atomic mass is 10.0. The van der Waals surface area contributed by atoms with Crippen molar-refractivity contribution in [2.45, 2.75) is 271 Å². The van der Waals surface area contributed by atoms with Crippen molar-refractivity contribution in [1.82, 2.24) is 0 Å².